The molecule has 0 atom stereocenters. The van der Waals surface area contributed by atoms with Crippen molar-refractivity contribution in [2.75, 3.05) is 18.5 Å². The van der Waals surface area contributed by atoms with Crippen LogP contribution in [0.25, 0.3) is 0 Å². The maximum Gasteiger partial charge on any atom is 0.259 e. The zero-order valence-electron chi connectivity index (χ0n) is 15.0. The highest BCUT2D eigenvalue weighted by molar-refractivity contribution is 9.10. The molecule has 2 rings (SSSR count). The van der Waals surface area contributed by atoms with Crippen LogP contribution in [0.3, 0.4) is 0 Å². The normalized spacial score (nSPS) is 10.3. The van der Waals surface area contributed by atoms with Crippen molar-refractivity contribution in [3.63, 3.8) is 0 Å². The number of carbonyl (C=O) groups excluding carboxylic acids is 2. The van der Waals surface area contributed by atoms with Crippen LogP contribution in [-0.4, -0.2) is 25.0 Å². The molecule has 26 heavy (non-hydrogen) atoms. The summed E-state index contributed by atoms with van der Waals surface area (Å²) in [4.78, 5) is 24.6. The van der Waals surface area contributed by atoms with Crippen molar-refractivity contribution in [2.24, 2.45) is 0 Å². The number of carbonyl (C=O) groups is 2. The first kappa shape index (κ1) is 20.0. The summed E-state index contributed by atoms with van der Waals surface area (Å²) in [6.07, 6.45) is 1.99. The van der Waals surface area contributed by atoms with E-state index in [1.807, 2.05) is 13.0 Å². The summed E-state index contributed by atoms with van der Waals surface area (Å²) in [6.45, 7) is 5.08. The fourth-order valence-electron chi connectivity index (χ4n) is 2.35. The summed E-state index contributed by atoms with van der Waals surface area (Å²) < 4.78 is 6.31. The third-order valence-corrected chi connectivity index (χ3v) is 4.20. The second-order valence-electron chi connectivity index (χ2n) is 5.71. The molecule has 0 aliphatic heterocycles. The van der Waals surface area contributed by atoms with Gasteiger partial charge < -0.3 is 15.4 Å². The van der Waals surface area contributed by atoms with Crippen molar-refractivity contribution in [1.82, 2.24) is 5.32 Å². The monoisotopic (exact) mass is 418 g/mol. The average Bonchev–Trinajstić information content (AvgIpc) is 2.64. The molecule has 0 saturated carbocycles. The lowest BCUT2D eigenvalue weighted by atomic mass is 10.1. The first-order valence-corrected chi connectivity index (χ1v) is 9.46. The lowest BCUT2D eigenvalue weighted by Gasteiger charge is -2.11. The van der Waals surface area contributed by atoms with E-state index in [1.165, 1.54) is 0 Å². The highest BCUT2D eigenvalue weighted by Crippen LogP contribution is 2.24. The van der Waals surface area contributed by atoms with Crippen LogP contribution in [0.15, 0.2) is 46.9 Å². The number of halogens is 1. The van der Waals surface area contributed by atoms with Gasteiger partial charge in [-0.25, -0.2) is 0 Å². The van der Waals surface area contributed by atoms with Gasteiger partial charge in [-0.15, -0.1) is 0 Å². The Bertz CT molecular complexity index is 760. The smallest absolute Gasteiger partial charge is 0.259 e. The maximum atomic E-state index is 12.6. The average molecular weight is 419 g/mol. The summed E-state index contributed by atoms with van der Waals surface area (Å²) in [6, 6.07) is 12.1. The molecule has 0 spiro atoms. The van der Waals surface area contributed by atoms with Crippen LogP contribution >= 0.6 is 15.9 Å². The second-order valence-corrected chi connectivity index (χ2v) is 6.63. The number of hydrogen-bond donors (Lipinski definition) is 2. The van der Waals surface area contributed by atoms with Crippen LogP contribution in [0.5, 0.6) is 5.75 Å². The predicted octanol–water partition coefficient (Wildman–Crippen LogP) is 4.63. The van der Waals surface area contributed by atoms with Gasteiger partial charge in [-0.2, -0.15) is 0 Å². The number of benzene rings is 2. The van der Waals surface area contributed by atoms with E-state index < -0.39 is 0 Å². The lowest BCUT2D eigenvalue weighted by molar-refractivity contribution is 0.0952. The fraction of sp³-hybridized carbons (Fsp3) is 0.300. The van der Waals surface area contributed by atoms with Gasteiger partial charge in [0.05, 0.1) is 12.2 Å². The zero-order valence-corrected chi connectivity index (χ0v) is 16.6. The van der Waals surface area contributed by atoms with Crippen molar-refractivity contribution in [2.45, 2.75) is 26.7 Å². The van der Waals surface area contributed by atoms with Crippen molar-refractivity contribution >= 4 is 33.4 Å². The Morgan fingerprint density at radius 2 is 1.77 bits per heavy atom. The molecular formula is C20H23BrN2O3. The van der Waals surface area contributed by atoms with E-state index in [0.29, 0.717) is 35.7 Å². The minimum absolute atomic E-state index is 0.109. The van der Waals surface area contributed by atoms with E-state index in [9.17, 15) is 9.59 Å². The van der Waals surface area contributed by atoms with Crippen molar-refractivity contribution < 1.29 is 14.3 Å². The molecule has 0 aromatic heterocycles. The minimum atomic E-state index is -0.269. The summed E-state index contributed by atoms with van der Waals surface area (Å²) in [7, 11) is 0. The Kier molecular flexibility index (Phi) is 7.66. The molecular weight excluding hydrogens is 396 g/mol. The molecule has 2 amide bonds. The molecule has 6 heteroatoms. The van der Waals surface area contributed by atoms with Gasteiger partial charge in [-0.1, -0.05) is 29.3 Å². The van der Waals surface area contributed by atoms with Crippen LogP contribution in [0.4, 0.5) is 5.69 Å². The number of anilines is 1. The Hall–Kier alpha value is -2.34. The molecule has 2 N–H and O–H groups in total. The van der Waals surface area contributed by atoms with E-state index in [0.717, 1.165) is 17.3 Å². The van der Waals surface area contributed by atoms with Gasteiger partial charge in [0.1, 0.15) is 5.75 Å². The molecule has 0 saturated heterocycles. The van der Waals surface area contributed by atoms with Gasteiger partial charge in [-0.3, -0.25) is 9.59 Å². The molecule has 0 bridgehead atoms. The molecule has 0 radical (unpaired) electrons. The van der Waals surface area contributed by atoms with E-state index in [4.69, 9.17) is 4.74 Å². The van der Waals surface area contributed by atoms with Crippen molar-refractivity contribution in [1.29, 1.82) is 0 Å². The van der Waals surface area contributed by atoms with Crippen LogP contribution in [0.1, 0.15) is 47.4 Å². The van der Waals surface area contributed by atoms with E-state index >= 15 is 0 Å². The number of amides is 2. The largest absolute Gasteiger partial charge is 0.493 e. The third kappa shape index (κ3) is 5.59. The number of hydrogen-bond acceptors (Lipinski definition) is 3. The molecule has 138 valence electrons. The molecule has 0 heterocycles. The quantitative estimate of drug-likeness (QED) is 0.613. The molecule has 0 aliphatic rings. The molecule has 2 aromatic rings. The maximum absolute atomic E-state index is 12.6. The van der Waals surface area contributed by atoms with Crippen LogP contribution < -0.4 is 15.4 Å². The SMILES string of the molecule is CCCCNC(=O)c1ccc(NC(=O)c2cc(Br)ccc2OCC)cc1. The Labute approximate surface area is 162 Å². The van der Waals surface area contributed by atoms with E-state index in [1.54, 1.807) is 36.4 Å². The van der Waals surface area contributed by atoms with E-state index in [-0.39, 0.29) is 11.8 Å². The van der Waals surface area contributed by atoms with Crippen LogP contribution in [-0.2, 0) is 0 Å². The fourth-order valence-corrected chi connectivity index (χ4v) is 2.71. The Balaban J connectivity index is 2.06. The lowest BCUT2D eigenvalue weighted by Crippen LogP contribution is -2.24. The van der Waals surface area contributed by atoms with Crippen LogP contribution in [0.2, 0.25) is 0 Å². The number of nitrogens with one attached hydrogen (secondary N) is 2. The number of ether oxygens (including phenoxy) is 1. The topological polar surface area (TPSA) is 67.4 Å². The second kappa shape index (κ2) is 9.97. The molecule has 0 fully saturated rings. The van der Waals surface area contributed by atoms with Gasteiger partial charge >= 0.3 is 0 Å². The summed E-state index contributed by atoms with van der Waals surface area (Å²) in [5.41, 5.74) is 1.63. The Morgan fingerprint density at radius 1 is 1.04 bits per heavy atom. The molecule has 0 unspecified atom stereocenters. The number of unbranched alkanes of at least 4 members (excludes halogenated alkanes) is 1. The summed E-state index contributed by atoms with van der Waals surface area (Å²) in [5, 5.41) is 5.70. The first-order chi connectivity index (χ1) is 12.5. The Morgan fingerprint density at radius 3 is 2.42 bits per heavy atom. The first-order valence-electron chi connectivity index (χ1n) is 8.67. The highest BCUT2D eigenvalue weighted by Gasteiger charge is 2.14. The van der Waals surface area contributed by atoms with Gasteiger partial charge in [0.15, 0.2) is 0 Å². The van der Waals surface area contributed by atoms with Crippen LogP contribution in [0, 0.1) is 0 Å². The van der Waals surface area contributed by atoms with Gasteiger partial charge in [-0.05, 0) is 55.8 Å². The van der Waals surface area contributed by atoms with Gasteiger partial charge in [0, 0.05) is 22.3 Å². The summed E-state index contributed by atoms with van der Waals surface area (Å²) >= 11 is 3.37. The van der Waals surface area contributed by atoms with Gasteiger partial charge in [0.2, 0.25) is 0 Å². The number of rotatable bonds is 8. The minimum Gasteiger partial charge on any atom is -0.493 e. The molecule has 0 aliphatic carbocycles. The van der Waals surface area contributed by atoms with Crippen molar-refractivity contribution in [3.8, 4) is 5.75 Å². The third-order valence-electron chi connectivity index (χ3n) is 3.71. The highest BCUT2D eigenvalue weighted by atomic mass is 79.9. The van der Waals surface area contributed by atoms with E-state index in [2.05, 4.69) is 33.5 Å². The summed E-state index contributed by atoms with van der Waals surface area (Å²) in [5.74, 6) is 0.150. The van der Waals surface area contributed by atoms with Crippen molar-refractivity contribution in [3.05, 3.63) is 58.1 Å². The molecule has 2 aromatic carbocycles. The zero-order chi connectivity index (χ0) is 18.9. The van der Waals surface area contributed by atoms with Gasteiger partial charge in [0.25, 0.3) is 11.8 Å². The predicted molar refractivity (Wildman–Crippen MR) is 107 cm³/mol. The molecule has 5 nitrogen and oxygen atoms in total. The standard InChI is InChI=1S/C20H23BrN2O3/c1-3-5-12-22-19(24)14-6-9-16(10-7-14)23-20(25)17-13-15(21)8-11-18(17)26-4-2/h6-11,13H,3-5,12H2,1-2H3,(H,22,24)(H,23,25).